The van der Waals surface area contributed by atoms with Gasteiger partial charge in [-0.25, -0.2) is 0 Å². The number of hydrogen-bond acceptors (Lipinski definition) is 4. The van der Waals surface area contributed by atoms with Gasteiger partial charge in [0.25, 0.3) is 0 Å². The van der Waals surface area contributed by atoms with Crippen molar-refractivity contribution in [2.75, 3.05) is 26.7 Å². The Morgan fingerprint density at radius 3 is 2.60 bits per heavy atom. The van der Waals surface area contributed by atoms with Crippen molar-refractivity contribution in [3.63, 3.8) is 0 Å². The van der Waals surface area contributed by atoms with Crippen LogP contribution in [0.25, 0.3) is 0 Å². The van der Waals surface area contributed by atoms with E-state index in [0.717, 1.165) is 18.7 Å². The van der Waals surface area contributed by atoms with E-state index in [4.69, 9.17) is 4.74 Å². The molecule has 0 fully saturated rings. The van der Waals surface area contributed by atoms with Crippen LogP contribution in [0.2, 0.25) is 0 Å². The fourth-order valence-corrected chi connectivity index (χ4v) is 2.38. The van der Waals surface area contributed by atoms with Crippen molar-refractivity contribution in [1.82, 2.24) is 10.2 Å². The molecule has 1 rings (SSSR count). The molecule has 20 heavy (non-hydrogen) atoms. The SMILES string of the molecule is CCN(CC)C(=O)CNCc1cc(Br)c(O)c(OC)c1. The van der Waals surface area contributed by atoms with E-state index in [1.165, 1.54) is 7.11 Å². The van der Waals surface area contributed by atoms with Gasteiger partial charge in [-0.15, -0.1) is 0 Å². The molecule has 0 aliphatic rings. The highest BCUT2D eigenvalue weighted by Gasteiger charge is 2.10. The summed E-state index contributed by atoms with van der Waals surface area (Å²) in [6.07, 6.45) is 0. The number of aromatic hydroxyl groups is 1. The molecule has 0 atom stereocenters. The van der Waals surface area contributed by atoms with Crippen LogP contribution < -0.4 is 10.1 Å². The molecule has 0 unspecified atom stereocenters. The van der Waals surface area contributed by atoms with Crippen LogP contribution >= 0.6 is 15.9 Å². The Morgan fingerprint density at radius 2 is 2.05 bits per heavy atom. The van der Waals surface area contributed by atoms with Crippen LogP contribution in [0.15, 0.2) is 16.6 Å². The largest absolute Gasteiger partial charge is 0.503 e. The van der Waals surface area contributed by atoms with Crippen LogP contribution in [0.4, 0.5) is 0 Å². The average Bonchev–Trinajstić information content (AvgIpc) is 2.43. The highest BCUT2D eigenvalue weighted by molar-refractivity contribution is 9.10. The van der Waals surface area contributed by atoms with E-state index in [1.54, 1.807) is 17.0 Å². The van der Waals surface area contributed by atoms with Crippen molar-refractivity contribution < 1.29 is 14.6 Å². The van der Waals surface area contributed by atoms with E-state index in [0.29, 0.717) is 23.3 Å². The first kappa shape index (κ1) is 16.8. The molecule has 112 valence electrons. The van der Waals surface area contributed by atoms with E-state index in [-0.39, 0.29) is 11.7 Å². The molecule has 0 saturated carbocycles. The molecule has 5 nitrogen and oxygen atoms in total. The minimum Gasteiger partial charge on any atom is -0.503 e. The van der Waals surface area contributed by atoms with Gasteiger partial charge in [0, 0.05) is 19.6 Å². The van der Waals surface area contributed by atoms with Gasteiger partial charge in [0.1, 0.15) is 0 Å². The maximum absolute atomic E-state index is 11.8. The van der Waals surface area contributed by atoms with E-state index < -0.39 is 0 Å². The van der Waals surface area contributed by atoms with Crippen molar-refractivity contribution in [2.24, 2.45) is 0 Å². The molecule has 0 heterocycles. The Labute approximate surface area is 128 Å². The molecular formula is C14H21BrN2O3. The normalized spacial score (nSPS) is 10.4. The summed E-state index contributed by atoms with van der Waals surface area (Å²) < 4.78 is 5.66. The van der Waals surface area contributed by atoms with Gasteiger partial charge < -0.3 is 20.1 Å². The third-order valence-corrected chi connectivity index (χ3v) is 3.63. The van der Waals surface area contributed by atoms with Crippen LogP contribution in [0.1, 0.15) is 19.4 Å². The fraction of sp³-hybridized carbons (Fsp3) is 0.500. The predicted octanol–water partition coefficient (Wildman–Crippen LogP) is 2.12. The third kappa shape index (κ3) is 4.38. The maximum atomic E-state index is 11.8. The van der Waals surface area contributed by atoms with Crippen molar-refractivity contribution in [3.8, 4) is 11.5 Å². The minimum atomic E-state index is 0.0791. The summed E-state index contributed by atoms with van der Waals surface area (Å²) in [5.74, 6) is 0.571. The second-order valence-corrected chi connectivity index (χ2v) is 5.15. The Hall–Kier alpha value is -1.27. The van der Waals surface area contributed by atoms with Crippen molar-refractivity contribution in [1.29, 1.82) is 0 Å². The first-order chi connectivity index (χ1) is 9.53. The zero-order valence-electron chi connectivity index (χ0n) is 12.1. The topological polar surface area (TPSA) is 61.8 Å². The molecule has 1 aromatic carbocycles. The molecule has 0 aliphatic carbocycles. The summed E-state index contributed by atoms with van der Waals surface area (Å²) in [5.41, 5.74) is 0.930. The smallest absolute Gasteiger partial charge is 0.236 e. The maximum Gasteiger partial charge on any atom is 0.236 e. The fourth-order valence-electron chi connectivity index (χ4n) is 1.89. The highest BCUT2D eigenvalue weighted by Crippen LogP contribution is 2.35. The lowest BCUT2D eigenvalue weighted by Gasteiger charge is -2.18. The Balaban J connectivity index is 2.58. The summed E-state index contributed by atoms with van der Waals surface area (Å²) >= 11 is 3.27. The van der Waals surface area contributed by atoms with Gasteiger partial charge in [0.15, 0.2) is 11.5 Å². The molecule has 0 radical (unpaired) electrons. The number of carbonyl (C=O) groups is 1. The number of phenols is 1. The molecule has 2 N–H and O–H groups in total. The number of nitrogens with zero attached hydrogens (tertiary/aromatic N) is 1. The molecule has 0 spiro atoms. The Kier molecular flexibility index (Phi) is 6.81. The second-order valence-electron chi connectivity index (χ2n) is 4.30. The molecule has 1 aromatic rings. The number of likely N-dealkylation sites (N-methyl/N-ethyl adjacent to an activating group) is 1. The van der Waals surface area contributed by atoms with Gasteiger partial charge in [0.2, 0.25) is 5.91 Å². The number of halogens is 1. The molecule has 0 saturated heterocycles. The van der Waals surface area contributed by atoms with Crippen molar-refractivity contribution in [3.05, 3.63) is 22.2 Å². The number of rotatable bonds is 7. The number of amides is 1. The molecule has 0 aromatic heterocycles. The number of phenolic OH excluding ortho intramolecular Hbond substituents is 1. The average molecular weight is 345 g/mol. The Bertz CT molecular complexity index is 462. The highest BCUT2D eigenvalue weighted by atomic mass is 79.9. The molecule has 0 aliphatic heterocycles. The number of hydrogen-bond donors (Lipinski definition) is 2. The number of carbonyl (C=O) groups excluding carboxylic acids is 1. The van der Waals surface area contributed by atoms with E-state index in [9.17, 15) is 9.90 Å². The lowest BCUT2D eigenvalue weighted by Crippen LogP contribution is -2.37. The van der Waals surface area contributed by atoms with Crippen LogP contribution in [0.5, 0.6) is 11.5 Å². The first-order valence-corrected chi connectivity index (χ1v) is 7.36. The van der Waals surface area contributed by atoms with E-state index in [2.05, 4.69) is 21.2 Å². The zero-order valence-corrected chi connectivity index (χ0v) is 13.7. The van der Waals surface area contributed by atoms with Crippen LogP contribution in [-0.2, 0) is 11.3 Å². The van der Waals surface area contributed by atoms with E-state index in [1.807, 2.05) is 13.8 Å². The second kappa shape index (κ2) is 8.11. The van der Waals surface area contributed by atoms with Gasteiger partial charge in [-0.1, -0.05) is 0 Å². The Morgan fingerprint density at radius 1 is 1.40 bits per heavy atom. The minimum absolute atomic E-state index is 0.0791. The quantitative estimate of drug-likeness (QED) is 0.795. The summed E-state index contributed by atoms with van der Waals surface area (Å²) in [4.78, 5) is 13.6. The molecule has 6 heteroatoms. The first-order valence-electron chi connectivity index (χ1n) is 6.57. The van der Waals surface area contributed by atoms with Crippen molar-refractivity contribution in [2.45, 2.75) is 20.4 Å². The van der Waals surface area contributed by atoms with Gasteiger partial charge in [-0.05, 0) is 47.5 Å². The summed E-state index contributed by atoms with van der Waals surface area (Å²) in [7, 11) is 1.50. The van der Waals surface area contributed by atoms with Gasteiger partial charge >= 0.3 is 0 Å². The number of nitrogens with one attached hydrogen (secondary N) is 1. The molecule has 0 bridgehead atoms. The van der Waals surface area contributed by atoms with Gasteiger partial charge in [0.05, 0.1) is 18.1 Å². The van der Waals surface area contributed by atoms with Crippen LogP contribution in [0, 0.1) is 0 Å². The van der Waals surface area contributed by atoms with Crippen LogP contribution in [-0.4, -0.2) is 42.7 Å². The standard InChI is InChI=1S/C14H21BrN2O3/c1-4-17(5-2)13(18)9-16-8-10-6-11(15)14(19)12(7-10)20-3/h6-7,16,19H,4-5,8-9H2,1-3H3. The number of ether oxygens (including phenoxy) is 1. The van der Waals surface area contributed by atoms with Crippen molar-refractivity contribution >= 4 is 21.8 Å². The zero-order chi connectivity index (χ0) is 15.1. The van der Waals surface area contributed by atoms with Gasteiger partial charge in [-0.2, -0.15) is 0 Å². The monoisotopic (exact) mass is 344 g/mol. The summed E-state index contributed by atoms with van der Waals surface area (Å²) in [6, 6.07) is 3.54. The van der Waals surface area contributed by atoms with Gasteiger partial charge in [-0.3, -0.25) is 4.79 Å². The molecular weight excluding hydrogens is 324 g/mol. The summed E-state index contributed by atoms with van der Waals surface area (Å²) in [5, 5.41) is 12.8. The molecule has 1 amide bonds. The van der Waals surface area contributed by atoms with Crippen LogP contribution in [0.3, 0.4) is 0 Å². The number of benzene rings is 1. The predicted molar refractivity (Wildman–Crippen MR) is 82.0 cm³/mol. The number of methoxy groups -OCH3 is 1. The lowest BCUT2D eigenvalue weighted by molar-refractivity contribution is -0.129. The lowest BCUT2D eigenvalue weighted by atomic mass is 10.2. The third-order valence-electron chi connectivity index (χ3n) is 3.03. The summed E-state index contributed by atoms with van der Waals surface area (Å²) in [6.45, 7) is 6.18. The van der Waals surface area contributed by atoms with E-state index >= 15 is 0 Å².